The van der Waals surface area contributed by atoms with E-state index in [1.54, 1.807) is 0 Å². The molecule has 0 aromatic carbocycles. The zero-order chi connectivity index (χ0) is 13.0. The van der Waals surface area contributed by atoms with Crippen molar-refractivity contribution in [2.24, 2.45) is 13.0 Å². The summed E-state index contributed by atoms with van der Waals surface area (Å²) in [5.41, 5.74) is 1.27. The van der Waals surface area contributed by atoms with E-state index >= 15 is 0 Å². The second kappa shape index (κ2) is 6.34. The maximum absolute atomic E-state index is 4.20. The first-order chi connectivity index (χ1) is 8.69. The van der Waals surface area contributed by atoms with E-state index in [4.69, 9.17) is 0 Å². The van der Waals surface area contributed by atoms with Gasteiger partial charge in [0.2, 0.25) is 0 Å². The van der Waals surface area contributed by atoms with E-state index in [9.17, 15) is 0 Å². The van der Waals surface area contributed by atoms with Crippen molar-refractivity contribution in [2.45, 2.75) is 39.3 Å². The summed E-state index contributed by atoms with van der Waals surface area (Å²) >= 11 is 0. The van der Waals surface area contributed by atoms with Gasteiger partial charge in [0, 0.05) is 31.4 Å². The van der Waals surface area contributed by atoms with E-state index in [1.807, 2.05) is 17.9 Å². The number of hydrogen-bond donors (Lipinski definition) is 1. The minimum atomic E-state index is 0.601. The Morgan fingerprint density at radius 2 is 2.17 bits per heavy atom. The Morgan fingerprint density at radius 3 is 2.72 bits per heavy atom. The average Bonchev–Trinajstić information content (AvgIpc) is 2.82. The molecule has 0 bridgehead atoms. The molecule has 18 heavy (non-hydrogen) atoms. The lowest BCUT2D eigenvalue weighted by atomic mass is 9.90. The molecule has 0 amide bonds. The van der Waals surface area contributed by atoms with Crippen molar-refractivity contribution in [2.75, 3.05) is 19.6 Å². The van der Waals surface area contributed by atoms with Crippen molar-refractivity contribution in [1.82, 2.24) is 20.0 Å². The molecule has 1 aliphatic heterocycles. The molecule has 2 rings (SSSR count). The van der Waals surface area contributed by atoms with Crippen LogP contribution >= 0.6 is 0 Å². The number of nitrogens with zero attached hydrogens (tertiary/aromatic N) is 3. The Hall–Kier alpha value is -0.870. The lowest BCUT2D eigenvalue weighted by Gasteiger charge is -2.34. The van der Waals surface area contributed by atoms with Crippen LogP contribution in [0.4, 0.5) is 0 Å². The summed E-state index contributed by atoms with van der Waals surface area (Å²) in [4.78, 5) is 2.55. The smallest absolute Gasteiger partial charge is 0.0534 e. The van der Waals surface area contributed by atoms with Gasteiger partial charge in [-0.1, -0.05) is 6.92 Å². The molecule has 2 heterocycles. The maximum atomic E-state index is 4.20. The SMILES string of the molecule is CCN1CCC(C(C)NCc2cnn(C)c2)CC1. The van der Waals surface area contributed by atoms with E-state index in [1.165, 1.54) is 38.0 Å². The summed E-state index contributed by atoms with van der Waals surface area (Å²) < 4.78 is 1.86. The zero-order valence-corrected chi connectivity index (χ0v) is 11.9. The first-order valence-electron chi connectivity index (χ1n) is 7.12. The first kappa shape index (κ1) is 13.6. The Morgan fingerprint density at radius 1 is 1.44 bits per heavy atom. The highest BCUT2D eigenvalue weighted by Crippen LogP contribution is 2.20. The first-order valence-corrected chi connectivity index (χ1v) is 7.12. The molecule has 1 N–H and O–H groups in total. The van der Waals surface area contributed by atoms with Gasteiger partial charge in [0.15, 0.2) is 0 Å². The molecule has 4 heteroatoms. The van der Waals surface area contributed by atoms with Crippen LogP contribution < -0.4 is 5.32 Å². The molecule has 1 atom stereocenters. The molecule has 1 saturated heterocycles. The molecule has 1 aromatic rings. The summed E-state index contributed by atoms with van der Waals surface area (Å²) in [6.07, 6.45) is 6.68. The minimum absolute atomic E-state index is 0.601. The zero-order valence-electron chi connectivity index (χ0n) is 11.9. The third-order valence-corrected chi connectivity index (χ3v) is 4.17. The van der Waals surface area contributed by atoms with Crippen molar-refractivity contribution in [1.29, 1.82) is 0 Å². The van der Waals surface area contributed by atoms with Crippen molar-refractivity contribution in [3.63, 3.8) is 0 Å². The molecule has 4 nitrogen and oxygen atoms in total. The van der Waals surface area contributed by atoms with Gasteiger partial charge in [-0.15, -0.1) is 0 Å². The highest BCUT2D eigenvalue weighted by Gasteiger charge is 2.22. The maximum Gasteiger partial charge on any atom is 0.0534 e. The van der Waals surface area contributed by atoms with Crippen molar-refractivity contribution in [3.05, 3.63) is 18.0 Å². The molecule has 0 spiro atoms. The van der Waals surface area contributed by atoms with Gasteiger partial charge >= 0.3 is 0 Å². The van der Waals surface area contributed by atoms with Crippen molar-refractivity contribution >= 4 is 0 Å². The highest BCUT2D eigenvalue weighted by molar-refractivity contribution is 5.03. The van der Waals surface area contributed by atoms with Gasteiger partial charge in [0.1, 0.15) is 0 Å². The molecule has 1 unspecified atom stereocenters. The van der Waals surface area contributed by atoms with Crippen molar-refractivity contribution in [3.8, 4) is 0 Å². The fourth-order valence-electron chi connectivity index (χ4n) is 2.78. The minimum Gasteiger partial charge on any atom is -0.310 e. The molecular formula is C14H26N4. The fourth-order valence-corrected chi connectivity index (χ4v) is 2.78. The van der Waals surface area contributed by atoms with E-state index < -0.39 is 0 Å². The van der Waals surface area contributed by atoms with Gasteiger partial charge in [-0.3, -0.25) is 4.68 Å². The van der Waals surface area contributed by atoms with Gasteiger partial charge in [0.25, 0.3) is 0 Å². The van der Waals surface area contributed by atoms with Crippen LogP contribution in [0.25, 0.3) is 0 Å². The lowest BCUT2D eigenvalue weighted by Crippen LogP contribution is -2.41. The number of rotatable bonds is 5. The van der Waals surface area contributed by atoms with E-state index in [0.717, 1.165) is 12.5 Å². The Balaban J connectivity index is 1.73. The van der Waals surface area contributed by atoms with Crippen molar-refractivity contribution < 1.29 is 0 Å². The molecule has 0 aliphatic carbocycles. The topological polar surface area (TPSA) is 33.1 Å². The molecule has 1 aliphatic rings. The van der Waals surface area contributed by atoms with Crippen LogP contribution in [-0.2, 0) is 13.6 Å². The molecule has 0 radical (unpaired) electrons. The number of hydrogen-bond acceptors (Lipinski definition) is 3. The Kier molecular flexibility index (Phi) is 4.78. The Labute approximate surface area is 110 Å². The summed E-state index contributed by atoms with van der Waals surface area (Å²) in [7, 11) is 1.97. The quantitative estimate of drug-likeness (QED) is 0.862. The van der Waals surface area contributed by atoms with E-state index in [0.29, 0.717) is 6.04 Å². The second-order valence-electron chi connectivity index (χ2n) is 5.46. The van der Waals surface area contributed by atoms with Crippen LogP contribution in [0.3, 0.4) is 0 Å². The third-order valence-electron chi connectivity index (χ3n) is 4.17. The van der Waals surface area contributed by atoms with Gasteiger partial charge in [-0.05, 0) is 45.3 Å². The van der Waals surface area contributed by atoms with Crippen LogP contribution in [0, 0.1) is 5.92 Å². The average molecular weight is 250 g/mol. The molecule has 0 saturated carbocycles. The predicted molar refractivity (Wildman–Crippen MR) is 74.3 cm³/mol. The summed E-state index contributed by atoms with van der Waals surface area (Å²) in [5.74, 6) is 0.824. The van der Waals surface area contributed by atoms with Crippen LogP contribution in [0.2, 0.25) is 0 Å². The third kappa shape index (κ3) is 3.56. The van der Waals surface area contributed by atoms with Crippen LogP contribution in [0.15, 0.2) is 12.4 Å². The molecule has 1 aromatic heterocycles. The van der Waals surface area contributed by atoms with Crippen LogP contribution in [0.5, 0.6) is 0 Å². The molecular weight excluding hydrogens is 224 g/mol. The largest absolute Gasteiger partial charge is 0.310 e. The van der Waals surface area contributed by atoms with Gasteiger partial charge in [-0.25, -0.2) is 0 Å². The fraction of sp³-hybridized carbons (Fsp3) is 0.786. The molecule has 1 fully saturated rings. The van der Waals surface area contributed by atoms with Gasteiger partial charge < -0.3 is 10.2 Å². The van der Waals surface area contributed by atoms with E-state index in [2.05, 4.69) is 35.4 Å². The predicted octanol–water partition coefficient (Wildman–Crippen LogP) is 1.63. The Bertz CT molecular complexity index is 352. The van der Waals surface area contributed by atoms with Crippen LogP contribution in [-0.4, -0.2) is 40.4 Å². The lowest BCUT2D eigenvalue weighted by molar-refractivity contribution is 0.168. The summed E-state index contributed by atoms with van der Waals surface area (Å²) in [5, 5.41) is 7.84. The number of piperidine rings is 1. The second-order valence-corrected chi connectivity index (χ2v) is 5.46. The number of nitrogens with one attached hydrogen (secondary N) is 1. The summed E-state index contributed by atoms with van der Waals surface area (Å²) in [6.45, 7) is 9.24. The number of aromatic nitrogens is 2. The highest BCUT2D eigenvalue weighted by atomic mass is 15.2. The van der Waals surface area contributed by atoms with Gasteiger partial charge in [0.05, 0.1) is 6.20 Å². The standard InChI is InChI=1S/C14H26N4/c1-4-18-7-5-14(6-8-18)12(2)15-9-13-10-16-17(3)11-13/h10-12,14-15H,4-9H2,1-3H3. The number of aryl methyl sites for hydroxylation is 1. The van der Waals surface area contributed by atoms with Crippen LogP contribution in [0.1, 0.15) is 32.3 Å². The molecule has 102 valence electrons. The monoisotopic (exact) mass is 250 g/mol. The van der Waals surface area contributed by atoms with Gasteiger partial charge in [-0.2, -0.15) is 5.10 Å². The number of likely N-dealkylation sites (tertiary alicyclic amines) is 1. The normalized spacial score (nSPS) is 20.2. The van der Waals surface area contributed by atoms with E-state index in [-0.39, 0.29) is 0 Å². The summed E-state index contributed by atoms with van der Waals surface area (Å²) in [6, 6.07) is 0.601.